The molecule has 2 heteroatoms. The Bertz CT molecular complexity index is 237. The number of carbonyl (C=O) groups excluding carboxylic acids is 1. The van der Waals surface area contributed by atoms with Gasteiger partial charge in [-0.05, 0) is 24.8 Å². The van der Waals surface area contributed by atoms with E-state index in [9.17, 15) is 4.79 Å². The van der Waals surface area contributed by atoms with Gasteiger partial charge in [0.25, 0.3) is 0 Å². The monoisotopic (exact) mass is 210 g/mol. The minimum absolute atomic E-state index is 0.443. The lowest BCUT2D eigenvalue weighted by atomic mass is 9.84. The first-order chi connectivity index (χ1) is 6.38. The van der Waals surface area contributed by atoms with Crippen molar-refractivity contribution in [1.82, 2.24) is 0 Å². The average molecular weight is 210 g/mol. The topological polar surface area (TPSA) is 17.1 Å². The summed E-state index contributed by atoms with van der Waals surface area (Å²) in [7, 11) is -1.04. The highest BCUT2D eigenvalue weighted by molar-refractivity contribution is 6.76. The molecule has 0 spiro atoms. The van der Waals surface area contributed by atoms with Crippen molar-refractivity contribution in [3.8, 4) is 0 Å². The van der Waals surface area contributed by atoms with Gasteiger partial charge in [-0.15, -0.1) is 0 Å². The fourth-order valence-corrected chi connectivity index (χ4v) is 3.85. The van der Waals surface area contributed by atoms with Crippen molar-refractivity contribution in [2.24, 2.45) is 5.92 Å². The van der Waals surface area contributed by atoms with E-state index in [1.165, 1.54) is 18.0 Å². The highest BCUT2D eigenvalue weighted by Crippen LogP contribution is 2.31. The number of Topliss-reactive ketones (excluding diaryl/α,β-unsaturated/α-hetero) is 1. The number of ketones is 1. The minimum atomic E-state index is -1.04. The first kappa shape index (κ1) is 11.7. The Balaban J connectivity index is 2.48. The summed E-state index contributed by atoms with van der Waals surface area (Å²) in [6.07, 6.45) is 3.84. The largest absolute Gasteiger partial charge is 0.300 e. The molecule has 0 saturated heterocycles. The lowest BCUT2D eigenvalue weighted by Crippen LogP contribution is -2.24. The molecule has 0 radical (unpaired) electrons. The number of allylic oxidation sites excluding steroid dienone is 1. The maximum absolute atomic E-state index is 11.3. The van der Waals surface area contributed by atoms with Gasteiger partial charge in [0.2, 0.25) is 0 Å². The van der Waals surface area contributed by atoms with E-state index >= 15 is 0 Å². The van der Waals surface area contributed by atoms with E-state index in [0.29, 0.717) is 11.7 Å². The van der Waals surface area contributed by atoms with E-state index in [1.54, 1.807) is 0 Å². The van der Waals surface area contributed by atoms with Crippen LogP contribution >= 0.6 is 0 Å². The number of hydrogen-bond acceptors (Lipinski definition) is 1. The summed E-state index contributed by atoms with van der Waals surface area (Å²) in [6.45, 7) is 11.3. The van der Waals surface area contributed by atoms with E-state index < -0.39 is 8.07 Å². The number of rotatable bonds is 3. The number of hydrogen-bond donors (Lipinski definition) is 0. The van der Waals surface area contributed by atoms with Crippen LogP contribution in [0.3, 0.4) is 0 Å². The van der Waals surface area contributed by atoms with E-state index in [1.807, 2.05) is 0 Å². The highest BCUT2D eigenvalue weighted by Gasteiger charge is 2.24. The summed E-state index contributed by atoms with van der Waals surface area (Å²) >= 11 is 0. The Morgan fingerprint density at radius 1 is 1.50 bits per heavy atom. The zero-order chi connectivity index (χ0) is 10.8. The van der Waals surface area contributed by atoms with Crippen LogP contribution in [0.4, 0.5) is 0 Å². The molecule has 14 heavy (non-hydrogen) atoms. The van der Waals surface area contributed by atoms with Crippen molar-refractivity contribution in [1.29, 1.82) is 0 Å². The molecule has 0 amide bonds. The van der Waals surface area contributed by atoms with Gasteiger partial charge in [0.05, 0.1) is 0 Å². The van der Waals surface area contributed by atoms with Crippen molar-refractivity contribution < 1.29 is 4.79 Å². The molecule has 0 bridgehead atoms. The SMILES string of the molecule is C=C(C[Si](C)(C)C)C1CCCC(=O)C1. The molecule has 1 aliphatic carbocycles. The maximum Gasteiger partial charge on any atom is 0.133 e. The van der Waals surface area contributed by atoms with E-state index in [2.05, 4.69) is 26.2 Å². The second kappa shape index (κ2) is 4.43. The Hall–Kier alpha value is -0.373. The molecule has 0 heterocycles. The van der Waals surface area contributed by atoms with E-state index in [4.69, 9.17) is 0 Å². The fraction of sp³-hybridized carbons (Fsp3) is 0.750. The van der Waals surface area contributed by atoms with Crippen LogP contribution in [0.15, 0.2) is 12.2 Å². The molecule has 0 aromatic rings. The minimum Gasteiger partial charge on any atom is -0.300 e. The molecule has 1 saturated carbocycles. The normalized spacial score (nSPS) is 23.6. The zero-order valence-corrected chi connectivity index (χ0v) is 10.7. The van der Waals surface area contributed by atoms with Crippen LogP contribution in [0.25, 0.3) is 0 Å². The van der Waals surface area contributed by atoms with Crippen molar-refractivity contribution >= 4 is 13.9 Å². The molecule has 1 atom stereocenters. The van der Waals surface area contributed by atoms with Gasteiger partial charge in [-0.25, -0.2) is 0 Å². The van der Waals surface area contributed by atoms with Crippen LogP contribution in [-0.4, -0.2) is 13.9 Å². The molecule has 1 aliphatic rings. The van der Waals surface area contributed by atoms with Crippen molar-refractivity contribution in [2.75, 3.05) is 0 Å². The van der Waals surface area contributed by atoms with Crippen LogP contribution in [-0.2, 0) is 4.79 Å². The molecule has 80 valence electrons. The first-order valence-electron chi connectivity index (χ1n) is 5.58. The number of carbonyl (C=O) groups is 1. The van der Waals surface area contributed by atoms with Crippen LogP contribution < -0.4 is 0 Å². The van der Waals surface area contributed by atoms with Gasteiger partial charge in [0, 0.05) is 20.9 Å². The third-order valence-corrected chi connectivity index (χ3v) is 4.33. The summed E-state index contributed by atoms with van der Waals surface area (Å²) < 4.78 is 0. The second-order valence-corrected chi connectivity index (χ2v) is 11.2. The molecule has 1 unspecified atom stereocenters. The van der Waals surface area contributed by atoms with Crippen molar-refractivity contribution in [2.45, 2.75) is 51.4 Å². The second-order valence-electron chi connectivity index (χ2n) is 5.73. The summed E-state index contributed by atoms with van der Waals surface area (Å²) in [6, 6.07) is 1.19. The fourth-order valence-electron chi connectivity index (χ4n) is 2.20. The summed E-state index contributed by atoms with van der Waals surface area (Å²) in [5, 5.41) is 0. The highest BCUT2D eigenvalue weighted by atomic mass is 28.3. The smallest absolute Gasteiger partial charge is 0.133 e. The zero-order valence-electron chi connectivity index (χ0n) is 9.73. The standard InChI is InChI=1S/C12H22OSi/c1-10(9-14(2,3)4)11-6-5-7-12(13)8-11/h11H,1,5-9H2,2-4H3. The van der Waals surface area contributed by atoms with Gasteiger partial charge in [-0.3, -0.25) is 4.79 Å². The Morgan fingerprint density at radius 2 is 2.14 bits per heavy atom. The van der Waals surface area contributed by atoms with Crippen LogP contribution in [0.5, 0.6) is 0 Å². The van der Waals surface area contributed by atoms with Gasteiger partial charge < -0.3 is 0 Å². The molecule has 0 aromatic heterocycles. The van der Waals surface area contributed by atoms with Crippen LogP contribution in [0, 0.1) is 5.92 Å². The van der Waals surface area contributed by atoms with Gasteiger partial charge in [-0.2, -0.15) is 0 Å². The lowest BCUT2D eigenvalue weighted by Gasteiger charge is -2.26. The van der Waals surface area contributed by atoms with E-state index in [0.717, 1.165) is 19.3 Å². The Kier molecular flexibility index (Phi) is 3.70. The van der Waals surface area contributed by atoms with Gasteiger partial charge in [0.1, 0.15) is 5.78 Å². The predicted octanol–water partition coefficient (Wildman–Crippen LogP) is 3.64. The average Bonchev–Trinajstić information content (AvgIpc) is 2.01. The summed E-state index contributed by atoms with van der Waals surface area (Å²) in [4.78, 5) is 11.3. The molecular weight excluding hydrogens is 188 g/mol. The first-order valence-corrected chi connectivity index (χ1v) is 9.28. The summed E-state index contributed by atoms with van der Waals surface area (Å²) in [5.74, 6) is 0.945. The molecule has 1 fully saturated rings. The van der Waals surface area contributed by atoms with Gasteiger partial charge in [-0.1, -0.05) is 31.8 Å². The molecule has 0 aliphatic heterocycles. The Morgan fingerprint density at radius 3 is 2.64 bits per heavy atom. The van der Waals surface area contributed by atoms with Gasteiger partial charge in [0.15, 0.2) is 0 Å². The third kappa shape index (κ3) is 3.78. The van der Waals surface area contributed by atoms with Crippen LogP contribution in [0.2, 0.25) is 25.7 Å². The van der Waals surface area contributed by atoms with Crippen molar-refractivity contribution in [3.05, 3.63) is 12.2 Å². The predicted molar refractivity (Wildman–Crippen MR) is 64.3 cm³/mol. The molecule has 0 aromatic carbocycles. The lowest BCUT2D eigenvalue weighted by molar-refractivity contribution is -0.121. The molecular formula is C12H22OSi. The molecule has 0 N–H and O–H groups in total. The van der Waals surface area contributed by atoms with E-state index in [-0.39, 0.29) is 0 Å². The summed E-state index contributed by atoms with van der Waals surface area (Å²) in [5.41, 5.74) is 1.34. The molecule has 1 rings (SSSR count). The van der Waals surface area contributed by atoms with Gasteiger partial charge >= 0.3 is 0 Å². The van der Waals surface area contributed by atoms with Crippen LogP contribution in [0.1, 0.15) is 25.7 Å². The molecule has 1 nitrogen and oxygen atoms in total. The maximum atomic E-state index is 11.3. The van der Waals surface area contributed by atoms with Crippen molar-refractivity contribution in [3.63, 3.8) is 0 Å². The third-order valence-electron chi connectivity index (χ3n) is 2.82. The Labute approximate surface area is 88.6 Å². The quantitative estimate of drug-likeness (QED) is 0.513.